The Labute approximate surface area is 128 Å². The first kappa shape index (κ1) is 13.8. The van der Waals surface area contributed by atoms with E-state index in [-0.39, 0.29) is 6.61 Å². The Kier molecular flexibility index (Phi) is 4.47. The molecule has 1 aromatic carbocycles. The van der Waals surface area contributed by atoms with Gasteiger partial charge in [-0.1, -0.05) is 17.9 Å². The second-order valence-electron chi connectivity index (χ2n) is 4.79. The summed E-state index contributed by atoms with van der Waals surface area (Å²) in [6.45, 7) is -0.0761. The van der Waals surface area contributed by atoms with Crippen molar-refractivity contribution in [2.24, 2.45) is 0 Å². The molecule has 20 heavy (non-hydrogen) atoms. The number of rotatable bonds is 3. The molecule has 2 aromatic rings. The molecular formula is C17H16OS2. The van der Waals surface area contributed by atoms with Crippen LogP contribution in [0, 0.1) is 11.8 Å². The number of hydrogen-bond donors (Lipinski definition) is 1. The molecule has 1 aliphatic rings. The fourth-order valence-corrected chi connectivity index (χ4v) is 4.39. The Morgan fingerprint density at radius 1 is 1.20 bits per heavy atom. The number of aliphatic hydroxyl groups excluding tert-OH is 1. The Hall–Kier alpha value is -1.21. The summed E-state index contributed by atoms with van der Waals surface area (Å²) in [4.78, 5) is 2.64. The summed E-state index contributed by atoms with van der Waals surface area (Å²) in [6.07, 6.45) is 3.78. The molecule has 102 valence electrons. The van der Waals surface area contributed by atoms with E-state index in [1.807, 2.05) is 17.8 Å². The van der Waals surface area contributed by atoms with Crippen LogP contribution in [0.3, 0.4) is 0 Å². The summed E-state index contributed by atoms with van der Waals surface area (Å²) < 4.78 is 0. The number of aryl methyl sites for hydroxylation is 2. The Morgan fingerprint density at radius 2 is 2.10 bits per heavy atom. The van der Waals surface area contributed by atoms with Gasteiger partial charge in [0, 0.05) is 21.1 Å². The van der Waals surface area contributed by atoms with Crippen molar-refractivity contribution >= 4 is 23.1 Å². The average Bonchev–Trinajstić information content (AvgIpc) is 3.11. The minimum absolute atomic E-state index is 0.0761. The number of aliphatic hydroxyl groups is 1. The zero-order valence-corrected chi connectivity index (χ0v) is 12.8. The first-order valence-electron chi connectivity index (χ1n) is 6.77. The fourth-order valence-electron chi connectivity index (χ4n) is 2.49. The van der Waals surface area contributed by atoms with Crippen LogP contribution in [-0.2, 0) is 18.6 Å². The highest BCUT2D eigenvalue weighted by atomic mass is 32.2. The van der Waals surface area contributed by atoms with Gasteiger partial charge in [0.25, 0.3) is 0 Å². The van der Waals surface area contributed by atoms with E-state index < -0.39 is 0 Å². The fraction of sp³-hybridized carbons (Fsp3) is 0.294. The van der Waals surface area contributed by atoms with Crippen molar-refractivity contribution < 1.29 is 5.11 Å². The molecule has 1 heterocycles. The lowest BCUT2D eigenvalue weighted by molar-refractivity contribution is 0.350. The molecule has 0 radical (unpaired) electrons. The van der Waals surface area contributed by atoms with Crippen LogP contribution >= 0.6 is 23.1 Å². The molecule has 0 fully saturated rings. The van der Waals surface area contributed by atoms with Gasteiger partial charge in [0.15, 0.2) is 0 Å². The van der Waals surface area contributed by atoms with Crippen molar-refractivity contribution in [1.82, 2.24) is 0 Å². The van der Waals surface area contributed by atoms with Gasteiger partial charge < -0.3 is 5.11 Å². The molecule has 1 aromatic heterocycles. The van der Waals surface area contributed by atoms with Gasteiger partial charge in [0.1, 0.15) is 6.61 Å². The van der Waals surface area contributed by atoms with Crippen LogP contribution in [0.5, 0.6) is 0 Å². The summed E-state index contributed by atoms with van der Waals surface area (Å²) in [7, 11) is 0. The lowest BCUT2D eigenvalue weighted by atomic mass is 10.1. The van der Waals surface area contributed by atoms with Crippen LogP contribution < -0.4 is 0 Å². The largest absolute Gasteiger partial charge is 0.384 e. The average molecular weight is 300 g/mol. The van der Waals surface area contributed by atoms with Crippen molar-refractivity contribution in [3.63, 3.8) is 0 Å². The van der Waals surface area contributed by atoms with E-state index in [0.717, 1.165) is 11.3 Å². The number of hydrogen-bond acceptors (Lipinski definition) is 3. The number of benzene rings is 1. The van der Waals surface area contributed by atoms with E-state index in [9.17, 15) is 0 Å². The molecule has 0 amide bonds. The second-order valence-corrected chi connectivity index (χ2v) is 6.84. The van der Waals surface area contributed by atoms with E-state index in [1.54, 1.807) is 11.3 Å². The highest BCUT2D eigenvalue weighted by Gasteiger charge is 2.11. The first-order valence-corrected chi connectivity index (χ1v) is 8.64. The molecule has 0 atom stereocenters. The van der Waals surface area contributed by atoms with E-state index in [0.29, 0.717) is 0 Å². The molecule has 1 aliphatic carbocycles. The summed E-state index contributed by atoms with van der Waals surface area (Å²) in [5.41, 5.74) is 4.11. The van der Waals surface area contributed by atoms with Crippen molar-refractivity contribution in [2.45, 2.75) is 29.9 Å². The third-order valence-electron chi connectivity index (χ3n) is 3.49. The molecule has 3 heteroatoms. The molecule has 1 N–H and O–H groups in total. The zero-order chi connectivity index (χ0) is 13.8. The zero-order valence-electron chi connectivity index (χ0n) is 11.2. The van der Waals surface area contributed by atoms with Crippen molar-refractivity contribution in [3.8, 4) is 11.8 Å². The normalized spacial score (nSPS) is 12.8. The molecule has 0 saturated carbocycles. The second kappa shape index (κ2) is 6.49. The smallest absolute Gasteiger partial charge is 0.104 e. The van der Waals surface area contributed by atoms with E-state index in [1.165, 1.54) is 40.2 Å². The van der Waals surface area contributed by atoms with Crippen LogP contribution in [0.4, 0.5) is 0 Å². The maximum absolute atomic E-state index is 8.78. The van der Waals surface area contributed by atoms with Gasteiger partial charge in [0.05, 0.1) is 0 Å². The van der Waals surface area contributed by atoms with Crippen LogP contribution in [0.1, 0.15) is 28.0 Å². The van der Waals surface area contributed by atoms with E-state index in [2.05, 4.69) is 35.4 Å². The number of thiophene rings is 1. The van der Waals surface area contributed by atoms with E-state index >= 15 is 0 Å². The monoisotopic (exact) mass is 300 g/mol. The number of fused-ring (bicyclic) bond motifs is 1. The highest BCUT2D eigenvalue weighted by molar-refractivity contribution is 7.98. The van der Waals surface area contributed by atoms with Gasteiger partial charge in [-0.15, -0.1) is 23.1 Å². The summed E-state index contributed by atoms with van der Waals surface area (Å²) in [6, 6.07) is 8.90. The molecule has 0 unspecified atom stereocenters. The van der Waals surface area contributed by atoms with Gasteiger partial charge in [-0.05, 0) is 54.0 Å². The topological polar surface area (TPSA) is 20.2 Å². The minimum Gasteiger partial charge on any atom is -0.384 e. The third-order valence-corrected chi connectivity index (χ3v) is 5.61. The standard InChI is InChI=1S/C17H16OS2/c18-9-2-5-14-8-10-19-17(14)12-20-16-7-6-13-3-1-4-15(13)11-16/h6-8,10-11,18H,1,3-4,9,12H2. The molecule has 1 nitrogen and oxygen atoms in total. The maximum atomic E-state index is 8.78. The first-order chi connectivity index (χ1) is 9.86. The Bertz CT molecular complexity index is 661. The molecule has 0 saturated heterocycles. The van der Waals surface area contributed by atoms with Crippen molar-refractivity contribution in [1.29, 1.82) is 0 Å². The summed E-state index contributed by atoms with van der Waals surface area (Å²) in [5.74, 6) is 6.69. The molecule has 0 spiro atoms. The maximum Gasteiger partial charge on any atom is 0.104 e. The minimum atomic E-state index is -0.0761. The molecular weight excluding hydrogens is 284 g/mol. The van der Waals surface area contributed by atoms with Gasteiger partial charge in [0.2, 0.25) is 0 Å². The molecule has 0 aliphatic heterocycles. The summed E-state index contributed by atoms with van der Waals surface area (Å²) >= 11 is 3.61. The van der Waals surface area contributed by atoms with E-state index in [4.69, 9.17) is 5.11 Å². The molecule has 3 rings (SSSR count). The van der Waals surface area contributed by atoms with Crippen LogP contribution in [0.25, 0.3) is 0 Å². The predicted molar refractivity (Wildman–Crippen MR) is 86.3 cm³/mol. The molecule has 0 bridgehead atoms. The predicted octanol–water partition coefficient (Wildman–Crippen LogP) is 3.87. The van der Waals surface area contributed by atoms with Crippen LogP contribution in [-0.4, -0.2) is 11.7 Å². The summed E-state index contributed by atoms with van der Waals surface area (Å²) in [5, 5.41) is 10.8. The van der Waals surface area contributed by atoms with Crippen LogP contribution in [0.2, 0.25) is 0 Å². The lowest BCUT2D eigenvalue weighted by Gasteiger charge is -2.04. The SMILES string of the molecule is OCC#Cc1ccsc1CSc1ccc2c(c1)CCC2. The van der Waals surface area contributed by atoms with Gasteiger partial charge in [-0.25, -0.2) is 0 Å². The van der Waals surface area contributed by atoms with Gasteiger partial charge in [-0.2, -0.15) is 0 Å². The number of thioether (sulfide) groups is 1. The van der Waals surface area contributed by atoms with Gasteiger partial charge >= 0.3 is 0 Å². The quantitative estimate of drug-likeness (QED) is 0.686. The van der Waals surface area contributed by atoms with Crippen molar-refractivity contribution in [3.05, 3.63) is 51.2 Å². The Balaban J connectivity index is 1.69. The van der Waals surface area contributed by atoms with Crippen LogP contribution in [0.15, 0.2) is 34.5 Å². The Morgan fingerprint density at radius 3 is 3.00 bits per heavy atom. The highest BCUT2D eigenvalue weighted by Crippen LogP contribution is 2.31. The van der Waals surface area contributed by atoms with Crippen molar-refractivity contribution in [2.75, 3.05) is 6.61 Å². The third kappa shape index (κ3) is 3.09. The lowest BCUT2D eigenvalue weighted by Crippen LogP contribution is -1.84. The van der Waals surface area contributed by atoms with Gasteiger partial charge in [-0.3, -0.25) is 0 Å².